The smallest absolute Gasteiger partial charge is 0.291 e. The third-order valence-corrected chi connectivity index (χ3v) is 6.08. The highest BCUT2D eigenvalue weighted by Gasteiger charge is 2.23. The molecule has 0 fully saturated rings. The van der Waals surface area contributed by atoms with Crippen molar-refractivity contribution in [2.45, 2.75) is 59.2 Å². The van der Waals surface area contributed by atoms with Gasteiger partial charge in [-0.25, -0.2) is 13.8 Å². The van der Waals surface area contributed by atoms with E-state index in [9.17, 15) is 14.0 Å². The molecule has 35 heavy (non-hydrogen) atoms. The molecule has 0 aliphatic heterocycles. The lowest BCUT2D eigenvalue weighted by molar-refractivity contribution is 0.0891. The number of H-pyrrole nitrogens is 1. The van der Waals surface area contributed by atoms with Gasteiger partial charge in [-0.15, -0.1) is 10.2 Å². The molecule has 8 nitrogen and oxygen atoms in total. The SMILES string of the molecule is CCCCc1c(CF)n(C(=O)CCC)c(=O)n1Cc1ccc(-c2ccccc2-c2nn[nH]n2)cc1. The molecule has 0 amide bonds. The van der Waals surface area contributed by atoms with E-state index >= 15 is 0 Å². The molecule has 0 saturated heterocycles. The standard InChI is InChI=1S/C26H29FN6O2/c1-3-5-11-22-23(16-27)33(24(34)8-4-2)26(35)32(22)17-18-12-14-19(15-13-18)20-9-6-7-10-21(20)25-28-30-31-29-25/h6-7,9-10,12-15H,3-5,8,11,16-17H2,1-2H3,(H,28,29,30,31). The molecule has 0 atom stereocenters. The number of imidazole rings is 1. The van der Waals surface area contributed by atoms with Crippen molar-refractivity contribution in [1.82, 2.24) is 29.8 Å². The van der Waals surface area contributed by atoms with Crippen molar-refractivity contribution in [2.75, 3.05) is 0 Å². The van der Waals surface area contributed by atoms with Crippen molar-refractivity contribution in [3.05, 3.63) is 76.0 Å². The van der Waals surface area contributed by atoms with E-state index in [4.69, 9.17) is 0 Å². The third-order valence-electron chi connectivity index (χ3n) is 6.08. The Morgan fingerprint density at radius 3 is 2.37 bits per heavy atom. The normalized spacial score (nSPS) is 11.2. The zero-order valence-corrected chi connectivity index (χ0v) is 20.0. The second-order valence-corrected chi connectivity index (χ2v) is 8.46. The number of tetrazole rings is 1. The fourth-order valence-electron chi connectivity index (χ4n) is 4.32. The Bertz CT molecular complexity index is 1340. The Labute approximate surface area is 202 Å². The summed E-state index contributed by atoms with van der Waals surface area (Å²) in [6.07, 6.45) is 3.07. The van der Waals surface area contributed by atoms with Gasteiger partial charge < -0.3 is 0 Å². The number of rotatable bonds is 10. The van der Waals surface area contributed by atoms with E-state index in [1.807, 2.05) is 62.4 Å². The fraction of sp³-hybridized carbons (Fsp3) is 0.346. The maximum atomic E-state index is 14.1. The fourth-order valence-corrected chi connectivity index (χ4v) is 4.32. The molecule has 0 unspecified atom stereocenters. The summed E-state index contributed by atoms with van der Waals surface area (Å²) in [6.45, 7) is 3.33. The van der Waals surface area contributed by atoms with Gasteiger partial charge in [-0.05, 0) is 41.2 Å². The summed E-state index contributed by atoms with van der Waals surface area (Å²) >= 11 is 0. The lowest BCUT2D eigenvalue weighted by Crippen LogP contribution is -2.30. The van der Waals surface area contributed by atoms with Gasteiger partial charge >= 0.3 is 5.69 Å². The van der Waals surface area contributed by atoms with Gasteiger partial charge in [0, 0.05) is 17.7 Å². The summed E-state index contributed by atoms with van der Waals surface area (Å²) < 4.78 is 16.7. The Hall–Kier alpha value is -3.88. The number of hydrogen-bond donors (Lipinski definition) is 1. The van der Waals surface area contributed by atoms with Crippen LogP contribution in [0.25, 0.3) is 22.5 Å². The van der Waals surface area contributed by atoms with Crippen LogP contribution in [0.1, 0.15) is 61.3 Å². The minimum atomic E-state index is -0.845. The van der Waals surface area contributed by atoms with E-state index in [2.05, 4.69) is 20.6 Å². The number of nitrogens with zero attached hydrogens (tertiary/aromatic N) is 5. The van der Waals surface area contributed by atoms with Gasteiger partial charge in [0.05, 0.1) is 12.2 Å². The summed E-state index contributed by atoms with van der Waals surface area (Å²) in [4.78, 5) is 25.9. The number of unbranched alkanes of at least 4 members (excludes halogenated alkanes) is 1. The van der Waals surface area contributed by atoms with Crippen LogP contribution in [0.5, 0.6) is 0 Å². The maximum absolute atomic E-state index is 14.1. The first-order chi connectivity index (χ1) is 17.1. The van der Waals surface area contributed by atoms with Crippen LogP contribution in [0.15, 0.2) is 53.3 Å². The molecule has 0 aliphatic carbocycles. The monoisotopic (exact) mass is 476 g/mol. The molecule has 0 radical (unpaired) electrons. The van der Waals surface area contributed by atoms with Gasteiger partial charge in [0.1, 0.15) is 6.67 Å². The highest BCUT2D eigenvalue weighted by molar-refractivity contribution is 5.80. The zero-order chi connectivity index (χ0) is 24.8. The van der Waals surface area contributed by atoms with Crippen LogP contribution >= 0.6 is 0 Å². The van der Waals surface area contributed by atoms with Crippen molar-refractivity contribution in [3.63, 3.8) is 0 Å². The molecule has 2 heterocycles. The molecule has 0 saturated carbocycles. The van der Waals surface area contributed by atoms with Crippen LogP contribution in [-0.4, -0.2) is 35.7 Å². The predicted molar refractivity (Wildman–Crippen MR) is 132 cm³/mol. The van der Waals surface area contributed by atoms with E-state index < -0.39 is 12.4 Å². The highest BCUT2D eigenvalue weighted by Crippen LogP contribution is 2.30. The maximum Gasteiger partial charge on any atom is 0.335 e. The number of halogens is 1. The van der Waals surface area contributed by atoms with Crippen LogP contribution in [0.3, 0.4) is 0 Å². The summed E-state index contributed by atoms with van der Waals surface area (Å²) in [7, 11) is 0. The Morgan fingerprint density at radius 1 is 1.00 bits per heavy atom. The average Bonchev–Trinajstić information content (AvgIpc) is 3.50. The molecule has 0 spiro atoms. The van der Waals surface area contributed by atoms with Gasteiger partial charge in [-0.2, -0.15) is 5.21 Å². The van der Waals surface area contributed by atoms with E-state index in [0.29, 0.717) is 24.4 Å². The van der Waals surface area contributed by atoms with Crippen LogP contribution < -0.4 is 5.69 Å². The molecule has 1 N–H and O–H groups in total. The number of carbonyl (C=O) groups excluding carboxylic acids is 1. The predicted octanol–water partition coefficient (Wildman–Crippen LogP) is 4.80. The third kappa shape index (κ3) is 4.99. The molecule has 0 aliphatic rings. The van der Waals surface area contributed by atoms with Gasteiger partial charge in [0.2, 0.25) is 11.7 Å². The summed E-state index contributed by atoms with van der Waals surface area (Å²) in [5, 5.41) is 14.3. The lowest BCUT2D eigenvalue weighted by atomic mass is 9.98. The summed E-state index contributed by atoms with van der Waals surface area (Å²) in [6, 6.07) is 15.6. The molecule has 2 aromatic heterocycles. The van der Waals surface area contributed by atoms with Crippen molar-refractivity contribution in [3.8, 4) is 22.5 Å². The number of nitrogens with one attached hydrogen (secondary N) is 1. The van der Waals surface area contributed by atoms with E-state index in [-0.39, 0.29) is 24.6 Å². The van der Waals surface area contributed by atoms with Crippen molar-refractivity contribution in [2.24, 2.45) is 0 Å². The minimum Gasteiger partial charge on any atom is -0.291 e. The van der Waals surface area contributed by atoms with Gasteiger partial charge in [-0.1, -0.05) is 68.8 Å². The number of aromatic amines is 1. The minimum absolute atomic E-state index is 0.188. The molecule has 4 rings (SSSR count). The summed E-state index contributed by atoms with van der Waals surface area (Å²) in [5.41, 5.74) is 3.99. The van der Waals surface area contributed by atoms with Crippen molar-refractivity contribution < 1.29 is 9.18 Å². The summed E-state index contributed by atoms with van der Waals surface area (Å²) in [5.74, 6) is 0.156. The lowest BCUT2D eigenvalue weighted by Gasteiger charge is -2.10. The number of carbonyl (C=O) groups is 1. The van der Waals surface area contributed by atoms with Gasteiger partial charge in [0.15, 0.2) is 0 Å². The van der Waals surface area contributed by atoms with Crippen LogP contribution in [0.2, 0.25) is 0 Å². The number of alkyl halides is 1. The second-order valence-electron chi connectivity index (χ2n) is 8.46. The average molecular weight is 477 g/mol. The topological polar surface area (TPSA) is 98.5 Å². The van der Waals surface area contributed by atoms with Crippen LogP contribution in [-0.2, 0) is 19.6 Å². The van der Waals surface area contributed by atoms with Crippen molar-refractivity contribution in [1.29, 1.82) is 0 Å². The zero-order valence-electron chi connectivity index (χ0n) is 20.0. The van der Waals surface area contributed by atoms with Crippen LogP contribution in [0.4, 0.5) is 4.39 Å². The number of hydrogen-bond acceptors (Lipinski definition) is 5. The van der Waals surface area contributed by atoms with Gasteiger partial charge in [-0.3, -0.25) is 9.36 Å². The van der Waals surface area contributed by atoms with Crippen molar-refractivity contribution >= 4 is 5.91 Å². The first-order valence-corrected chi connectivity index (χ1v) is 11.9. The molecule has 4 aromatic rings. The van der Waals surface area contributed by atoms with E-state index in [0.717, 1.165) is 39.7 Å². The highest BCUT2D eigenvalue weighted by atomic mass is 19.1. The van der Waals surface area contributed by atoms with Crippen LogP contribution in [0, 0.1) is 0 Å². The molecular weight excluding hydrogens is 447 g/mol. The molecular formula is C26H29FN6O2. The van der Waals surface area contributed by atoms with Gasteiger partial charge in [0.25, 0.3) is 0 Å². The molecule has 9 heteroatoms. The second kappa shape index (κ2) is 11.0. The molecule has 2 aromatic carbocycles. The first kappa shape index (κ1) is 24.3. The molecule has 0 bridgehead atoms. The van der Waals surface area contributed by atoms with E-state index in [1.165, 1.54) is 0 Å². The Kier molecular flexibility index (Phi) is 7.64. The quantitative estimate of drug-likeness (QED) is 0.355. The van der Waals surface area contributed by atoms with E-state index in [1.54, 1.807) is 4.57 Å². The number of benzene rings is 2. The Morgan fingerprint density at radius 2 is 1.74 bits per heavy atom. The first-order valence-electron chi connectivity index (χ1n) is 11.9. The molecule has 182 valence electrons. The largest absolute Gasteiger partial charge is 0.335 e. The Balaban J connectivity index is 1.69. The number of aromatic nitrogens is 6.